The standard InChI is InChI=1S/C13H19N/c1-9-5-10(2)13-11(3)7-14(4)8-12(13)6-9/h5-6,11H,7-8H2,1-4H3. The topological polar surface area (TPSA) is 3.24 Å². The van der Waals surface area contributed by atoms with Gasteiger partial charge in [-0.05, 0) is 43.5 Å². The second-order valence-corrected chi connectivity index (χ2v) is 4.75. The van der Waals surface area contributed by atoms with E-state index >= 15 is 0 Å². The number of fused-ring (bicyclic) bond motifs is 1. The number of benzene rings is 1. The highest BCUT2D eigenvalue weighted by Gasteiger charge is 2.21. The highest BCUT2D eigenvalue weighted by Crippen LogP contribution is 2.30. The van der Waals surface area contributed by atoms with Crippen molar-refractivity contribution in [2.75, 3.05) is 13.6 Å². The predicted molar refractivity (Wildman–Crippen MR) is 60.7 cm³/mol. The van der Waals surface area contributed by atoms with E-state index in [1.807, 2.05) is 0 Å². The minimum absolute atomic E-state index is 0.685. The molecule has 2 rings (SSSR count). The number of nitrogens with zero attached hydrogens (tertiary/aromatic N) is 1. The highest BCUT2D eigenvalue weighted by molar-refractivity contribution is 5.41. The molecule has 1 aromatic rings. The second-order valence-electron chi connectivity index (χ2n) is 4.75. The molecule has 76 valence electrons. The van der Waals surface area contributed by atoms with E-state index in [-0.39, 0.29) is 0 Å². The lowest BCUT2D eigenvalue weighted by molar-refractivity contribution is 0.287. The number of rotatable bonds is 0. The monoisotopic (exact) mass is 189 g/mol. The molecule has 1 aliphatic heterocycles. The van der Waals surface area contributed by atoms with Crippen molar-refractivity contribution in [3.05, 3.63) is 34.4 Å². The van der Waals surface area contributed by atoms with Crippen LogP contribution in [-0.4, -0.2) is 18.5 Å². The largest absolute Gasteiger partial charge is 0.302 e. The van der Waals surface area contributed by atoms with Crippen molar-refractivity contribution in [3.8, 4) is 0 Å². The summed E-state index contributed by atoms with van der Waals surface area (Å²) in [5.74, 6) is 0.685. The molecule has 0 amide bonds. The normalized spacial score (nSPS) is 22.1. The summed E-state index contributed by atoms with van der Waals surface area (Å²) >= 11 is 0. The summed E-state index contributed by atoms with van der Waals surface area (Å²) in [6, 6.07) is 4.65. The van der Waals surface area contributed by atoms with Gasteiger partial charge in [-0.15, -0.1) is 0 Å². The summed E-state index contributed by atoms with van der Waals surface area (Å²) in [7, 11) is 2.21. The molecule has 0 radical (unpaired) electrons. The van der Waals surface area contributed by atoms with Gasteiger partial charge >= 0.3 is 0 Å². The van der Waals surface area contributed by atoms with Crippen LogP contribution in [0.15, 0.2) is 12.1 Å². The Balaban J connectivity index is 2.53. The first-order chi connectivity index (χ1) is 6.58. The van der Waals surface area contributed by atoms with Gasteiger partial charge in [0.1, 0.15) is 0 Å². The van der Waals surface area contributed by atoms with Gasteiger partial charge in [0.05, 0.1) is 0 Å². The zero-order valence-electron chi connectivity index (χ0n) is 9.59. The van der Waals surface area contributed by atoms with E-state index in [4.69, 9.17) is 0 Å². The third-order valence-corrected chi connectivity index (χ3v) is 3.14. The molecule has 0 N–H and O–H groups in total. The van der Waals surface area contributed by atoms with Crippen LogP contribution in [0, 0.1) is 13.8 Å². The van der Waals surface area contributed by atoms with Gasteiger partial charge in [0.2, 0.25) is 0 Å². The molecule has 0 saturated heterocycles. The number of aryl methyl sites for hydroxylation is 2. The van der Waals surface area contributed by atoms with Crippen LogP contribution in [0.25, 0.3) is 0 Å². The molecule has 0 aliphatic carbocycles. The summed E-state index contributed by atoms with van der Waals surface area (Å²) < 4.78 is 0. The number of hydrogen-bond donors (Lipinski definition) is 0. The van der Waals surface area contributed by atoms with E-state index in [0.29, 0.717) is 5.92 Å². The first-order valence-electron chi connectivity index (χ1n) is 5.36. The average molecular weight is 189 g/mol. The van der Waals surface area contributed by atoms with Gasteiger partial charge in [-0.25, -0.2) is 0 Å². The molecule has 0 aromatic heterocycles. The van der Waals surface area contributed by atoms with Gasteiger partial charge in [0, 0.05) is 13.1 Å². The molecule has 1 atom stereocenters. The van der Waals surface area contributed by atoms with E-state index in [0.717, 1.165) is 6.54 Å². The Morgan fingerprint density at radius 3 is 2.71 bits per heavy atom. The molecule has 1 unspecified atom stereocenters. The summed E-state index contributed by atoms with van der Waals surface area (Å²) in [5.41, 5.74) is 5.99. The minimum Gasteiger partial charge on any atom is -0.302 e. The van der Waals surface area contributed by atoms with E-state index in [9.17, 15) is 0 Å². The molecule has 1 nitrogen and oxygen atoms in total. The lowest BCUT2D eigenvalue weighted by Gasteiger charge is -2.31. The van der Waals surface area contributed by atoms with E-state index in [1.54, 1.807) is 5.56 Å². The molecule has 0 bridgehead atoms. The van der Waals surface area contributed by atoms with Crippen LogP contribution in [0.4, 0.5) is 0 Å². The van der Waals surface area contributed by atoms with Crippen molar-refractivity contribution in [3.63, 3.8) is 0 Å². The van der Waals surface area contributed by atoms with Crippen molar-refractivity contribution < 1.29 is 0 Å². The van der Waals surface area contributed by atoms with Crippen LogP contribution in [-0.2, 0) is 6.54 Å². The molecule has 14 heavy (non-hydrogen) atoms. The van der Waals surface area contributed by atoms with Gasteiger partial charge in [-0.2, -0.15) is 0 Å². The summed E-state index contributed by atoms with van der Waals surface area (Å²) in [6.07, 6.45) is 0. The Morgan fingerprint density at radius 2 is 2.00 bits per heavy atom. The molecule has 1 heterocycles. The average Bonchev–Trinajstić information content (AvgIpc) is 1.99. The maximum absolute atomic E-state index is 2.41. The second kappa shape index (κ2) is 3.39. The zero-order valence-corrected chi connectivity index (χ0v) is 9.59. The number of hydrogen-bond acceptors (Lipinski definition) is 1. The molecule has 0 fully saturated rings. The third-order valence-electron chi connectivity index (χ3n) is 3.14. The Labute approximate surface area is 86.7 Å². The minimum atomic E-state index is 0.685. The summed E-state index contributed by atoms with van der Waals surface area (Å²) in [6.45, 7) is 9.07. The van der Waals surface area contributed by atoms with Crippen LogP contribution in [0.3, 0.4) is 0 Å². The van der Waals surface area contributed by atoms with E-state index < -0.39 is 0 Å². The first-order valence-corrected chi connectivity index (χ1v) is 5.36. The van der Waals surface area contributed by atoms with Crippen LogP contribution in [0.1, 0.15) is 35.1 Å². The van der Waals surface area contributed by atoms with Gasteiger partial charge in [-0.1, -0.05) is 24.6 Å². The third kappa shape index (κ3) is 1.57. The Hall–Kier alpha value is -0.820. The Morgan fingerprint density at radius 1 is 1.29 bits per heavy atom. The van der Waals surface area contributed by atoms with Crippen LogP contribution in [0.2, 0.25) is 0 Å². The molecule has 1 aromatic carbocycles. The molecule has 0 saturated carbocycles. The SMILES string of the molecule is Cc1cc(C)c2c(c1)CN(C)CC2C. The van der Waals surface area contributed by atoms with Crippen molar-refractivity contribution in [2.45, 2.75) is 33.2 Å². The van der Waals surface area contributed by atoms with Crippen molar-refractivity contribution in [2.24, 2.45) is 0 Å². The Kier molecular flexibility index (Phi) is 2.36. The van der Waals surface area contributed by atoms with Crippen molar-refractivity contribution >= 4 is 0 Å². The zero-order chi connectivity index (χ0) is 10.3. The van der Waals surface area contributed by atoms with Gasteiger partial charge < -0.3 is 4.90 Å². The van der Waals surface area contributed by atoms with E-state index in [1.165, 1.54) is 23.2 Å². The van der Waals surface area contributed by atoms with Crippen LogP contribution < -0.4 is 0 Å². The molecule has 0 spiro atoms. The first kappa shape index (κ1) is 9.72. The van der Waals surface area contributed by atoms with Gasteiger partial charge in [-0.3, -0.25) is 0 Å². The number of likely N-dealkylation sites (N-methyl/N-ethyl adjacent to an activating group) is 1. The fraction of sp³-hybridized carbons (Fsp3) is 0.538. The van der Waals surface area contributed by atoms with Gasteiger partial charge in [0.15, 0.2) is 0 Å². The molecule has 1 aliphatic rings. The predicted octanol–water partition coefficient (Wildman–Crippen LogP) is 2.85. The molecular weight excluding hydrogens is 170 g/mol. The maximum Gasteiger partial charge on any atom is 0.0233 e. The quantitative estimate of drug-likeness (QED) is 0.606. The molecular formula is C13H19N. The smallest absolute Gasteiger partial charge is 0.0233 e. The fourth-order valence-electron chi connectivity index (χ4n) is 2.82. The summed E-state index contributed by atoms with van der Waals surface area (Å²) in [4.78, 5) is 2.41. The van der Waals surface area contributed by atoms with E-state index in [2.05, 4.69) is 44.9 Å². The van der Waals surface area contributed by atoms with Crippen molar-refractivity contribution in [1.82, 2.24) is 4.90 Å². The highest BCUT2D eigenvalue weighted by atomic mass is 15.1. The molecule has 1 heteroatoms. The van der Waals surface area contributed by atoms with Crippen LogP contribution >= 0.6 is 0 Å². The lowest BCUT2D eigenvalue weighted by Crippen LogP contribution is -2.29. The summed E-state index contributed by atoms with van der Waals surface area (Å²) in [5, 5.41) is 0. The Bertz CT molecular complexity index is 354. The fourth-order valence-corrected chi connectivity index (χ4v) is 2.82. The van der Waals surface area contributed by atoms with Crippen molar-refractivity contribution in [1.29, 1.82) is 0 Å². The lowest BCUT2D eigenvalue weighted by atomic mass is 9.86. The maximum atomic E-state index is 2.41. The van der Waals surface area contributed by atoms with Crippen LogP contribution in [0.5, 0.6) is 0 Å². The van der Waals surface area contributed by atoms with Gasteiger partial charge in [0.25, 0.3) is 0 Å².